The summed E-state index contributed by atoms with van der Waals surface area (Å²) in [5.74, 6) is 0.214. The SMILES string of the molecule is CCC[CH2][Al+][CH2]CCC.Cc1cc(C(C)(C)C)c([O-])c(C(C)(C)C)c1. The monoisotopic (exact) mass is 360 g/mol. The molecule has 25 heavy (non-hydrogen) atoms. The van der Waals surface area contributed by atoms with Crippen molar-refractivity contribution in [2.75, 3.05) is 0 Å². The first kappa shape index (κ1) is 24.6. The van der Waals surface area contributed by atoms with Crippen molar-refractivity contribution in [3.05, 3.63) is 28.8 Å². The maximum atomic E-state index is 12.4. The van der Waals surface area contributed by atoms with Gasteiger partial charge in [-0.05, 0) is 28.9 Å². The molecule has 0 aromatic heterocycles. The quantitative estimate of drug-likeness (QED) is 0.404. The molecule has 0 spiro atoms. The molecule has 1 nitrogen and oxygen atoms in total. The predicted molar refractivity (Wildman–Crippen MR) is 113 cm³/mol. The number of rotatable bonds is 6. The van der Waals surface area contributed by atoms with E-state index < -0.39 is 0 Å². The number of unbranched alkanes of at least 4 members (excludes halogenated alkanes) is 2. The molecule has 0 unspecified atom stereocenters. The molecule has 0 aliphatic carbocycles. The summed E-state index contributed by atoms with van der Waals surface area (Å²) in [4.78, 5) is 0. The van der Waals surface area contributed by atoms with Crippen LogP contribution in [0.1, 0.15) is 97.8 Å². The zero-order valence-electron chi connectivity index (χ0n) is 18.4. The Morgan fingerprint density at radius 1 is 0.800 bits per heavy atom. The van der Waals surface area contributed by atoms with Gasteiger partial charge >= 0.3 is 65.3 Å². The number of hydrogen-bond donors (Lipinski definition) is 0. The van der Waals surface area contributed by atoms with Crippen LogP contribution < -0.4 is 5.11 Å². The number of aryl methyl sites for hydroxylation is 1. The molecule has 0 N–H and O–H groups in total. The van der Waals surface area contributed by atoms with Crippen molar-refractivity contribution in [1.82, 2.24) is 0 Å². The molecule has 0 aliphatic rings. The summed E-state index contributed by atoms with van der Waals surface area (Å²) in [6.07, 6.45) is 5.72. The molecule has 1 aromatic rings. The van der Waals surface area contributed by atoms with Gasteiger partial charge in [-0.25, -0.2) is 0 Å². The van der Waals surface area contributed by atoms with Crippen LogP contribution in [0.5, 0.6) is 5.75 Å². The van der Waals surface area contributed by atoms with Gasteiger partial charge in [0.2, 0.25) is 0 Å². The van der Waals surface area contributed by atoms with Crippen LogP contribution in [-0.4, -0.2) is 15.2 Å². The van der Waals surface area contributed by atoms with Crippen LogP contribution in [0.3, 0.4) is 0 Å². The maximum absolute atomic E-state index is 12.4. The van der Waals surface area contributed by atoms with Gasteiger partial charge in [0, 0.05) is 0 Å². The zero-order chi connectivity index (χ0) is 19.7. The van der Waals surface area contributed by atoms with E-state index in [1.807, 2.05) is 12.1 Å². The molecule has 0 amide bonds. The summed E-state index contributed by atoms with van der Waals surface area (Å²) >= 11 is 0.818. The Morgan fingerprint density at radius 3 is 1.44 bits per heavy atom. The van der Waals surface area contributed by atoms with E-state index in [1.165, 1.54) is 41.8 Å². The van der Waals surface area contributed by atoms with Crippen molar-refractivity contribution in [1.29, 1.82) is 0 Å². The maximum Gasteiger partial charge on any atom is -0.0138 e. The van der Waals surface area contributed by atoms with Gasteiger partial charge in [0.25, 0.3) is 0 Å². The molecule has 0 fully saturated rings. The van der Waals surface area contributed by atoms with Crippen LogP contribution in [0.15, 0.2) is 12.1 Å². The Bertz CT molecular complexity index is 451. The average molecular weight is 361 g/mol. The number of benzene rings is 1. The van der Waals surface area contributed by atoms with Crippen LogP contribution >= 0.6 is 0 Å². The van der Waals surface area contributed by atoms with E-state index in [1.54, 1.807) is 0 Å². The summed E-state index contributed by atoms with van der Waals surface area (Å²) < 4.78 is 0. The summed E-state index contributed by atoms with van der Waals surface area (Å²) in [6, 6.07) is 4.05. The second kappa shape index (κ2) is 11.3. The van der Waals surface area contributed by atoms with Crippen LogP contribution in [0, 0.1) is 6.92 Å². The minimum atomic E-state index is -0.0803. The molecule has 0 heterocycles. The number of hydrogen-bond acceptors (Lipinski definition) is 1. The molecular formula is C23H41AlO. The molecule has 0 atom stereocenters. The molecular weight excluding hydrogens is 319 g/mol. The van der Waals surface area contributed by atoms with Gasteiger partial charge in [-0.1, -0.05) is 59.2 Å². The van der Waals surface area contributed by atoms with Crippen molar-refractivity contribution in [3.8, 4) is 5.75 Å². The second-order valence-corrected chi connectivity index (χ2v) is 11.0. The fourth-order valence-corrected chi connectivity index (χ4v) is 4.41. The molecule has 142 valence electrons. The van der Waals surface area contributed by atoms with Gasteiger partial charge in [0.05, 0.1) is 0 Å². The van der Waals surface area contributed by atoms with E-state index in [-0.39, 0.29) is 16.6 Å². The standard InChI is InChI=1S/C15H24O.2C4H9.Al/c1-10-8-11(14(2,3)4)13(16)12(9-10)15(5,6)7;2*1-3-4-2;/h8-9,16H,1-7H3;2*1,3-4H2,2H3;/q;;;+1/p-1. The zero-order valence-corrected chi connectivity index (χ0v) is 19.5. The van der Waals surface area contributed by atoms with Crippen molar-refractivity contribution >= 4 is 15.2 Å². The molecule has 1 aromatic carbocycles. The van der Waals surface area contributed by atoms with Gasteiger partial charge in [0.15, 0.2) is 0 Å². The van der Waals surface area contributed by atoms with Crippen molar-refractivity contribution in [3.63, 3.8) is 0 Å². The van der Waals surface area contributed by atoms with Crippen LogP contribution in [0.4, 0.5) is 0 Å². The Balaban J connectivity index is 0.000000547. The fraction of sp³-hybridized carbons (Fsp3) is 0.739. The molecule has 0 radical (unpaired) electrons. The third-order valence-electron chi connectivity index (χ3n) is 4.37. The van der Waals surface area contributed by atoms with Gasteiger partial charge in [-0.2, -0.15) is 0 Å². The minimum absolute atomic E-state index is 0.0803. The third kappa shape index (κ3) is 9.72. The average Bonchev–Trinajstić information content (AvgIpc) is 2.48. The first-order valence-corrected chi connectivity index (χ1v) is 11.7. The minimum Gasteiger partial charge on any atom is -0.872 e. The summed E-state index contributed by atoms with van der Waals surface area (Å²) in [5.41, 5.74) is 2.87. The first-order chi connectivity index (χ1) is 11.4. The Kier molecular flexibility index (Phi) is 11.1. The third-order valence-corrected chi connectivity index (χ3v) is 6.01. The molecule has 2 heteroatoms. The summed E-state index contributed by atoms with van der Waals surface area (Å²) in [5, 5.41) is 15.5. The van der Waals surface area contributed by atoms with Crippen molar-refractivity contribution in [2.45, 2.75) is 109 Å². The second-order valence-electron chi connectivity index (χ2n) is 9.26. The van der Waals surface area contributed by atoms with E-state index in [0.29, 0.717) is 0 Å². The van der Waals surface area contributed by atoms with Crippen LogP contribution in [-0.2, 0) is 10.8 Å². The largest absolute Gasteiger partial charge is 0.872 e. The molecule has 0 aliphatic heterocycles. The van der Waals surface area contributed by atoms with E-state index in [4.69, 9.17) is 0 Å². The first-order valence-electron chi connectivity index (χ1n) is 10.1. The molecule has 0 bridgehead atoms. The predicted octanol–water partition coefficient (Wildman–Crippen LogP) is 6.79. The van der Waals surface area contributed by atoms with Crippen molar-refractivity contribution in [2.24, 2.45) is 0 Å². The topological polar surface area (TPSA) is 23.1 Å². The van der Waals surface area contributed by atoms with Gasteiger partial charge in [0.1, 0.15) is 0 Å². The van der Waals surface area contributed by atoms with E-state index in [9.17, 15) is 5.11 Å². The van der Waals surface area contributed by atoms with Gasteiger partial charge < -0.3 is 5.11 Å². The molecule has 0 saturated heterocycles. The van der Waals surface area contributed by atoms with Crippen molar-refractivity contribution < 1.29 is 5.11 Å². The Hall–Kier alpha value is -0.448. The van der Waals surface area contributed by atoms with Crippen LogP contribution in [0.2, 0.25) is 10.6 Å². The molecule has 0 saturated carbocycles. The normalized spacial score (nSPS) is 11.6. The van der Waals surface area contributed by atoms with Crippen LogP contribution in [0.25, 0.3) is 0 Å². The van der Waals surface area contributed by atoms with Gasteiger partial charge in [-0.15, -0.1) is 5.75 Å². The fourth-order valence-electron chi connectivity index (χ4n) is 2.73. The summed E-state index contributed by atoms with van der Waals surface area (Å²) in [7, 11) is 0. The van der Waals surface area contributed by atoms with E-state index in [2.05, 4.69) is 62.3 Å². The van der Waals surface area contributed by atoms with E-state index in [0.717, 1.165) is 26.3 Å². The Morgan fingerprint density at radius 2 is 1.16 bits per heavy atom. The Labute approximate surface area is 164 Å². The van der Waals surface area contributed by atoms with E-state index >= 15 is 0 Å². The van der Waals surface area contributed by atoms with Gasteiger partial charge in [-0.3, -0.25) is 0 Å². The smallest absolute Gasteiger partial charge is 0.0138 e. The summed E-state index contributed by atoms with van der Waals surface area (Å²) in [6.45, 7) is 19.2. The molecule has 1 rings (SSSR count).